The molecule has 0 amide bonds. The van der Waals surface area contributed by atoms with Gasteiger partial charge >= 0.3 is 0 Å². The number of hydrogen-bond acceptors (Lipinski definition) is 3. The van der Waals surface area contributed by atoms with E-state index in [4.69, 9.17) is 22.7 Å². The number of thiocarbonyl (C=S) groups is 1. The van der Waals surface area contributed by atoms with E-state index in [0.717, 1.165) is 17.2 Å². The highest BCUT2D eigenvalue weighted by molar-refractivity contribution is 8.13. The molecule has 17 heavy (non-hydrogen) atoms. The zero-order chi connectivity index (χ0) is 12.7. The summed E-state index contributed by atoms with van der Waals surface area (Å²) < 4.78 is 5.06. The van der Waals surface area contributed by atoms with Crippen molar-refractivity contribution in [1.29, 1.82) is 0 Å². The lowest BCUT2D eigenvalue weighted by Crippen LogP contribution is -2.14. The van der Waals surface area contributed by atoms with Crippen molar-refractivity contribution >= 4 is 39.9 Å². The number of ether oxygens (including phenoxy) is 1. The Hall–Kier alpha value is -1.27. The molecule has 0 aromatic heterocycles. The number of aliphatic imine (C=N–C) groups is 1. The first-order chi connectivity index (χ1) is 8.15. The second kappa shape index (κ2) is 7.13. The lowest BCUT2D eigenvalue weighted by atomic mass is 10.3. The molecule has 1 aromatic carbocycles. The predicted octanol–water partition coefficient (Wildman–Crippen LogP) is 2.46. The van der Waals surface area contributed by atoms with Gasteiger partial charge in [-0.25, -0.2) is 0 Å². The van der Waals surface area contributed by atoms with Gasteiger partial charge in [-0.05, 0) is 42.2 Å². The van der Waals surface area contributed by atoms with Gasteiger partial charge < -0.3 is 15.8 Å². The molecular formula is C11H15N3OS2. The van der Waals surface area contributed by atoms with Crippen molar-refractivity contribution in [1.82, 2.24) is 0 Å². The van der Waals surface area contributed by atoms with E-state index in [9.17, 15) is 0 Å². The molecule has 0 saturated carbocycles. The minimum atomic E-state index is 0.355. The SMILES string of the molecule is CCS/C(N)=N\C(=S)Nc1ccc(OC)cc1. The second-order valence-corrected chi connectivity index (χ2v) is 4.71. The number of methoxy groups -OCH3 is 1. The molecule has 0 fully saturated rings. The van der Waals surface area contributed by atoms with Crippen molar-refractivity contribution in [2.24, 2.45) is 10.7 Å². The summed E-state index contributed by atoms with van der Waals surface area (Å²) in [5.41, 5.74) is 6.51. The van der Waals surface area contributed by atoms with Crippen LogP contribution in [0.5, 0.6) is 5.75 Å². The highest BCUT2D eigenvalue weighted by atomic mass is 32.2. The van der Waals surface area contributed by atoms with Crippen molar-refractivity contribution in [2.75, 3.05) is 18.2 Å². The first kappa shape index (κ1) is 13.8. The normalized spacial score (nSPS) is 11.1. The number of hydrogen-bond donors (Lipinski definition) is 2. The van der Waals surface area contributed by atoms with Crippen LogP contribution in [0.15, 0.2) is 29.3 Å². The maximum Gasteiger partial charge on any atom is 0.199 e. The Bertz CT molecular complexity index is 404. The predicted molar refractivity (Wildman–Crippen MR) is 79.0 cm³/mol. The highest BCUT2D eigenvalue weighted by Gasteiger charge is 1.98. The van der Waals surface area contributed by atoms with Crippen LogP contribution in [0.4, 0.5) is 5.69 Å². The number of nitrogens with two attached hydrogens (primary N) is 1. The Morgan fingerprint density at radius 1 is 1.47 bits per heavy atom. The second-order valence-electron chi connectivity index (χ2n) is 3.04. The Morgan fingerprint density at radius 2 is 2.12 bits per heavy atom. The Morgan fingerprint density at radius 3 is 2.65 bits per heavy atom. The molecule has 0 atom stereocenters. The van der Waals surface area contributed by atoms with Crippen LogP contribution in [0, 0.1) is 0 Å². The largest absolute Gasteiger partial charge is 0.497 e. The van der Waals surface area contributed by atoms with Crippen LogP contribution in [0.25, 0.3) is 0 Å². The van der Waals surface area contributed by atoms with Crippen LogP contribution in [-0.4, -0.2) is 23.1 Å². The third-order valence-electron chi connectivity index (χ3n) is 1.85. The Labute approximate surface area is 111 Å². The highest BCUT2D eigenvalue weighted by Crippen LogP contribution is 2.15. The number of amidine groups is 1. The van der Waals surface area contributed by atoms with Crippen LogP contribution in [0.2, 0.25) is 0 Å². The molecule has 0 unspecified atom stereocenters. The van der Waals surface area contributed by atoms with E-state index < -0.39 is 0 Å². The topological polar surface area (TPSA) is 59.6 Å². The molecule has 0 aliphatic heterocycles. The number of thioether (sulfide) groups is 1. The van der Waals surface area contributed by atoms with Gasteiger partial charge in [-0.2, -0.15) is 4.99 Å². The molecule has 0 heterocycles. The van der Waals surface area contributed by atoms with Crippen molar-refractivity contribution < 1.29 is 4.74 Å². The molecule has 4 nitrogen and oxygen atoms in total. The first-order valence-corrected chi connectivity index (χ1v) is 6.47. The van der Waals surface area contributed by atoms with E-state index in [0.29, 0.717) is 10.3 Å². The lowest BCUT2D eigenvalue weighted by Gasteiger charge is -2.05. The molecule has 1 aromatic rings. The zero-order valence-corrected chi connectivity index (χ0v) is 11.4. The van der Waals surface area contributed by atoms with Crippen molar-refractivity contribution in [3.8, 4) is 5.75 Å². The molecular weight excluding hydrogens is 254 g/mol. The maximum absolute atomic E-state index is 5.65. The fourth-order valence-corrected chi connectivity index (χ4v) is 1.83. The van der Waals surface area contributed by atoms with Crippen LogP contribution >= 0.6 is 24.0 Å². The molecule has 1 rings (SSSR count). The average molecular weight is 269 g/mol. The van der Waals surface area contributed by atoms with E-state index in [2.05, 4.69) is 10.3 Å². The van der Waals surface area contributed by atoms with E-state index in [1.807, 2.05) is 31.2 Å². The van der Waals surface area contributed by atoms with Gasteiger partial charge in [0.25, 0.3) is 0 Å². The van der Waals surface area contributed by atoms with Gasteiger partial charge in [0.2, 0.25) is 0 Å². The quantitative estimate of drug-likeness (QED) is 0.501. The Kier molecular flexibility index (Phi) is 5.79. The van der Waals surface area contributed by atoms with Crippen LogP contribution in [0.1, 0.15) is 6.92 Å². The lowest BCUT2D eigenvalue weighted by molar-refractivity contribution is 0.415. The van der Waals surface area contributed by atoms with Gasteiger partial charge in [0.1, 0.15) is 5.75 Å². The zero-order valence-electron chi connectivity index (χ0n) is 9.77. The first-order valence-electron chi connectivity index (χ1n) is 5.07. The minimum Gasteiger partial charge on any atom is -0.497 e. The van der Waals surface area contributed by atoms with Crippen LogP contribution in [0.3, 0.4) is 0 Å². The molecule has 92 valence electrons. The van der Waals surface area contributed by atoms with E-state index in [-0.39, 0.29) is 0 Å². The van der Waals surface area contributed by atoms with Crippen molar-refractivity contribution in [2.45, 2.75) is 6.92 Å². The number of nitrogens with one attached hydrogen (secondary N) is 1. The van der Waals surface area contributed by atoms with Gasteiger partial charge in [0, 0.05) is 5.69 Å². The number of benzene rings is 1. The molecule has 0 bridgehead atoms. The summed E-state index contributed by atoms with van der Waals surface area (Å²) in [4.78, 5) is 4.05. The molecule has 3 N–H and O–H groups in total. The summed E-state index contributed by atoms with van der Waals surface area (Å²) >= 11 is 6.52. The van der Waals surface area contributed by atoms with Crippen molar-refractivity contribution in [3.63, 3.8) is 0 Å². The van der Waals surface area contributed by atoms with Gasteiger partial charge in [-0.3, -0.25) is 0 Å². The number of rotatable bonds is 3. The molecule has 6 heteroatoms. The fraction of sp³-hybridized carbons (Fsp3) is 0.273. The summed E-state index contributed by atoms with van der Waals surface area (Å²) in [6.07, 6.45) is 0. The fourth-order valence-electron chi connectivity index (χ4n) is 1.11. The van der Waals surface area contributed by atoms with Gasteiger partial charge in [-0.1, -0.05) is 18.7 Å². The minimum absolute atomic E-state index is 0.355. The standard InChI is InChI=1S/C11H15N3OS2/c1-3-17-10(12)14-11(16)13-8-4-6-9(15-2)7-5-8/h4-7H,3H2,1-2H3,(H3,12,13,14,16). The van der Waals surface area contributed by atoms with Crippen LogP contribution < -0.4 is 15.8 Å². The maximum atomic E-state index is 5.65. The van der Waals surface area contributed by atoms with E-state index in [1.54, 1.807) is 7.11 Å². The smallest absolute Gasteiger partial charge is 0.199 e. The summed E-state index contributed by atoms with van der Waals surface area (Å²) in [6, 6.07) is 7.42. The number of nitrogens with zero attached hydrogens (tertiary/aromatic N) is 1. The summed E-state index contributed by atoms with van der Waals surface area (Å²) in [7, 11) is 1.63. The van der Waals surface area contributed by atoms with Gasteiger partial charge in [0.15, 0.2) is 10.3 Å². The van der Waals surface area contributed by atoms with Gasteiger partial charge in [0.05, 0.1) is 7.11 Å². The average Bonchev–Trinajstić information content (AvgIpc) is 2.30. The molecule has 0 aliphatic carbocycles. The molecule has 0 radical (unpaired) electrons. The molecule has 0 saturated heterocycles. The van der Waals surface area contributed by atoms with E-state index in [1.165, 1.54) is 11.8 Å². The molecule has 0 spiro atoms. The number of anilines is 1. The molecule has 0 aliphatic rings. The Balaban J connectivity index is 2.58. The van der Waals surface area contributed by atoms with E-state index >= 15 is 0 Å². The monoisotopic (exact) mass is 269 g/mol. The third kappa shape index (κ3) is 5.06. The summed E-state index contributed by atoms with van der Waals surface area (Å²) in [5, 5.41) is 3.80. The summed E-state index contributed by atoms with van der Waals surface area (Å²) in [5.74, 6) is 1.67. The summed E-state index contributed by atoms with van der Waals surface area (Å²) in [6.45, 7) is 2.01. The van der Waals surface area contributed by atoms with Crippen molar-refractivity contribution in [3.05, 3.63) is 24.3 Å². The van der Waals surface area contributed by atoms with Crippen LogP contribution in [-0.2, 0) is 0 Å². The third-order valence-corrected chi connectivity index (χ3v) is 2.71. The van der Waals surface area contributed by atoms with Gasteiger partial charge in [-0.15, -0.1) is 0 Å².